The van der Waals surface area contributed by atoms with E-state index in [2.05, 4.69) is 36.7 Å². The number of carbonyl (C=O) groups excluding carboxylic acids is 1. The molecule has 1 amide bonds. The van der Waals surface area contributed by atoms with E-state index in [0.29, 0.717) is 5.69 Å². The van der Waals surface area contributed by atoms with E-state index in [-0.39, 0.29) is 11.3 Å². The summed E-state index contributed by atoms with van der Waals surface area (Å²) in [5.41, 5.74) is 4.42. The lowest BCUT2D eigenvalue weighted by Gasteiger charge is -1.98. The maximum absolute atomic E-state index is 13.6. The number of hydrazone groups is 1. The first-order valence-corrected chi connectivity index (χ1v) is 7.82. The van der Waals surface area contributed by atoms with Crippen molar-refractivity contribution >= 4 is 28.1 Å². The second kappa shape index (κ2) is 7.18. The summed E-state index contributed by atoms with van der Waals surface area (Å²) in [5.74, 6) is -0.888. The number of benzene rings is 2. The van der Waals surface area contributed by atoms with Crippen LogP contribution in [0.5, 0.6) is 0 Å². The molecule has 120 valence electrons. The van der Waals surface area contributed by atoms with Crippen LogP contribution in [0.4, 0.5) is 4.39 Å². The zero-order valence-electron chi connectivity index (χ0n) is 12.3. The van der Waals surface area contributed by atoms with Gasteiger partial charge in [-0.1, -0.05) is 46.3 Å². The number of aromatic nitrogens is 2. The highest BCUT2D eigenvalue weighted by molar-refractivity contribution is 9.10. The molecule has 0 radical (unpaired) electrons. The van der Waals surface area contributed by atoms with Crippen molar-refractivity contribution in [2.45, 2.75) is 0 Å². The molecule has 0 aliphatic carbocycles. The lowest BCUT2D eigenvalue weighted by molar-refractivity contribution is 0.0950. The Morgan fingerprint density at radius 3 is 2.79 bits per heavy atom. The minimum absolute atomic E-state index is 0.263. The Morgan fingerprint density at radius 2 is 2.00 bits per heavy atom. The lowest BCUT2D eigenvalue weighted by atomic mass is 10.1. The number of halogens is 2. The predicted octanol–water partition coefficient (Wildman–Crippen LogP) is 3.74. The summed E-state index contributed by atoms with van der Waals surface area (Å²) in [5, 5.41) is 10.5. The monoisotopic (exact) mass is 386 g/mol. The molecule has 1 heterocycles. The van der Waals surface area contributed by atoms with Crippen LogP contribution in [0.15, 0.2) is 64.2 Å². The van der Waals surface area contributed by atoms with Gasteiger partial charge in [0.2, 0.25) is 0 Å². The van der Waals surface area contributed by atoms with E-state index in [0.717, 1.165) is 10.0 Å². The summed E-state index contributed by atoms with van der Waals surface area (Å²) in [7, 11) is 0. The molecule has 0 saturated heterocycles. The molecule has 0 bridgehead atoms. The number of hydrogen-bond donors (Lipinski definition) is 2. The Hall–Kier alpha value is -2.80. The highest BCUT2D eigenvalue weighted by Crippen LogP contribution is 2.17. The maximum atomic E-state index is 13.6. The van der Waals surface area contributed by atoms with Gasteiger partial charge in [-0.3, -0.25) is 9.89 Å². The van der Waals surface area contributed by atoms with Crippen molar-refractivity contribution in [3.63, 3.8) is 0 Å². The molecule has 2 N–H and O–H groups in total. The van der Waals surface area contributed by atoms with Crippen LogP contribution in [0.25, 0.3) is 11.3 Å². The molecule has 3 aromatic rings. The minimum Gasteiger partial charge on any atom is -0.272 e. The summed E-state index contributed by atoms with van der Waals surface area (Å²) in [6.45, 7) is 0. The van der Waals surface area contributed by atoms with Crippen LogP contribution in [-0.2, 0) is 0 Å². The predicted molar refractivity (Wildman–Crippen MR) is 93.2 cm³/mol. The summed E-state index contributed by atoms with van der Waals surface area (Å²) in [6.07, 6.45) is 1.24. The molecule has 0 atom stereocenters. The van der Waals surface area contributed by atoms with Crippen molar-refractivity contribution < 1.29 is 9.18 Å². The Balaban J connectivity index is 1.68. The van der Waals surface area contributed by atoms with Gasteiger partial charge in [0.15, 0.2) is 0 Å². The van der Waals surface area contributed by atoms with Crippen molar-refractivity contribution in [1.82, 2.24) is 15.6 Å². The standard InChI is InChI=1S/C17H12BrFN4O/c18-13-6-7-14(19)12(8-13)10-20-23-17(24)16-9-15(21-22-16)11-4-2-1-3-5-11/h1-10H,(H,21,22)(H,23,24)/b20-10-. The van der Waals surface area contributed by atoms with Crippen molar-refractivity contribution in [1.29, 1.82) is 0 Å². The fourth-order valence-electron chi connectivity index (χ4n) is 2.03. The van der Waals surface area contributed by atoms with Crippen LogP contribution in [0, 0.1) is 5.82 Å². The van der Waals surface area contributed by atoms with E-state index in [4.69, 9.17) is 0 Å². The summed E-state index contributed by atoms with van der Waals surface area (Å²) >= 11 is 3.25. The molecule has 7 heteroatoms. The highest BCUT2D eigenvalue weighted by Gasteiger charge is 2.10. The van der Waals surface area contributed by atoms with E-state index < -0.39 is 11.7 Å². The Bertz CT molecular complexity index is 893. The number of carbonyl (C=O) groups is 1. The van der Waals surface area contributed by atoms with E-state index in [1.54, 1.807) is 18.2 Å². The SMILES string of the molecule is O=C(N/N=C\c1cc(Br)ccc1F)c1cc(-c2ccccc2)n[nH]1. The molecule has 24 heavy (non-hydrogen) atoms. The second-order valence-corrected chi connectivity index (χ2v) is 5.81. The van der Waals surface area contributed by atoms with Gasteiger partial charge in [0, 0.05) is 15.6 Å². The van der Waals surface area contributed by atoms with Crippen LogP contribution in [0.3, 0.4) is 0 Å². The number of amides is 1. The Kier molecular flexibility index (Phi) is 4.81. The second-order valence-electron chi connectivity index (χ2n) is 4.90. The number of H-pyrrole nitrogens is 1. The molecular formula is C17H12BrFN4O. The smallest absolute Gasteiger partial charge is 0.272 e. The quantitative estimate of drug-likeness (QED) is 0.529. The minimum atomic E-state index is -0.462. The topological polar surface area (TPSA) is 70.1 Å². The normalized spacial score (nSPS) is 10.9. The third-order valence-corrected chi connectivity index (χ3v) is 3.71. The third kappa shape index (κ3) is 3.75. The van der Waals surface area contributed by atoms with Gasteiger partial charge in [0.1, 0.15) is 11.5 Å². The highest BCUT2D eigenvalue weighted by atomic mass is 79.9. The van der Waals surface area contributed by atoms with Crippen molar-refractivity contribution in [2.75, 3.05) is 0 Å². The third-order valence-electron chi connectivity index (χ3n) is 3.22. The van der Waals surface area contributed by atoms with Gasteiger partial charge in [0.05, 0.1) is 11.9 Å². The number of nitrogens with one attached hydrogen (secondary N) is 2. The molecule has 5 nitrogen and oxygen atoms in total. The molecule has 0 aliphatic heterocycles. The van der Waals surface area contributed by atoms with Gasteiger partial charge < -0.3 is 0 Å². The molecular weight excluding hydrogens is 375 g/mol. The molecule has 0 saturated carbocycles. The number of rotatable bonds is 4. The fourth-order valence-corrected chi connectivity index (χ4v) is 2.41. The lowest BCUT2D eigenvalue weighted by Crippen LogP contribution is -2.18. The zero-order chi connectivity index (χ0) is 16.9. The molecule has 0 fully saturated rings. The number of aromatic amines is 1. The van der Waals surface area contributed by atoms with E-state index in [1.165, 1.54) is 12.3 Å². The molecule has 0 spiro atoms. The molecule has 0 aliphatic rings. The summed E-state index contributed by atoms with van der Waals surface area (Å²) in [4.78, 5) is 12.0. The largest absolute Gasteiger partial charge is 0.289 e. The first-order chi connectivity index (χ1) is 11.6. The van der Waals surface area contributed by atoms with Crippen LogP contribution in [0.2, 0.25) is 0 Å². The summed E-state index contributed by atoms with van der Waals surface area (Å²) < 4.78 is 14.3. The van der Waals surface area contributed by atoms with Gasteiger partial charge in [-0.25, -0.2) is 9.82 Å². The van der Waals surface area contributed by atoms with Gasteiger partial charge in [-0.05, 0) is 24.3 Å². The molecule has 3 rings (SSSR count). The van der Waals surface area contributed by atoms with Crippen molar-refractivity contribution in [3.8, 4) is 11.3 Å². The maximum Gasteiger partial charge on any atom is 0.289 e. The molecule has 1 aromatic heterocycles. The number of hydrogen-bond acceptors (Lipinski definition) is 3. The van der Waals surface area contributed by atoms with E-state index in [9.17, 15) is 9.18 Å². The Morgan fingerprint density at radius 1 is 1.21 bits per heavy atom. The van der Waals surface area contributed by atoms with Crippen LogP contribution >= 0.6 is 15.9 Å². The van der Waals surface area contributed by atoms with Crippen molar-refractivity contribution in [3.05, 3.63) is 76.1 Å². The average Bonchev–Trinajstić information content (AvgIpc) is 3.09. The summed E-state index contributed by atoms with van der Waals surface area (Å²) in [6, 6.07) is 15.6. The average molecular weight is 387 g/mol. The number of nitrogens with zero attached hydrogens (tertiary/aromatic N) is 2. The van der Waals surface area contributed by atoms with Gasteiger partial charge in [-0.15, -0.1) is 0 Å². The zero-order valence-corrected chi connectivity index (χ0v) is 13.9. The fraction of sp³-hybridized carbons (Fsp3) is 0. The van der Waals surface area contributed by atoms with Crippen LogP contribution < -0.4 is 5.43 Å². The van der Waals surface area contributed by atoms with E-state index >= 15 is 0 Å². The first-order valence-electron chi connectivity index (χ1n) is 7.03. The van der Waals surface area contributed by atoms with Gasteiger partial charge >= 0.3 is 0 Å². The molecule has 0 unspecified atom stereocenters. The van der Waals surface area contributed by atoms with E-state index in [1.807, 2.05) is 30.3 Å². The first kappa shape index (κ1) is 16.1. The van der Waals surface area contributed by atoms with Crippen LogP contribution in [0.1, 0.15) is 16.1 Å². The van der Waals surface area contributed by atoms with Crippen molar-refractivity contribution in [2.24, 2.45) is 5.10 Å². The van der Waals surface area contributed by atoms with Gasteiger partial charge in [-0.2, -0.15) is 10.2 Å². The molecule has 2 aromatic carbocycles. The van der Waals surface area contributed by atoms with Gasteiger partial charge in [0.25, 0.3) is 5.91 Å². The van der Waals surface area contributed by atoms with Crippen LogP contribution in [-0.4, -0.2) is 22.3 Å². The Labute approximate surface area is 145 Å².